The van der Waals surface area contributed by atoms with E-state index in [4.69, 9.17) is 4.89 Å². The van der Waals surface area contributed by atoms with Crippen molar-refractivity contribution >= 4 is 0 Å². The van der Waals surface area contributed by atoms with E-state index < -0.39 is 0 Å². The molecule has 1 atom stereocenters. The molecule has 1 aliphatic rings. The number of aryl methyl sites for hydroxylation is 1. The molecule has 2 nitrogen and oxygen atoms in total. The van der Waals surface area contributed by atoms with Crippen molar-refractivity contribution in [1.82, 2.24) is 0 Å². The summed E-state index contributed by atoms with van der Waals surface area (Å²) in [6.45, 7) is 4.33. The van der Waals surface area contributed by atoms with Crippen molar-refractivity contribution in [3.63, 3.8) is 0 Å². The molecule has 0 spiro atoms. The van der Waals surface area contributed by atoms with Gasteiger partial charge in [0.25, 0.3) is 0 Å². The molecule has 1 saturated carbocycles. The maximum atomic E-state index is 9.52. The van der Waals surface area contributed by atoms with Crippen LogP contribution >= 0.6 is 0 Å². The maximum absolute atomic E-state index is 9.52. The highest BCUT2D eigenvalue weighted by molar-refractivity contribution is 5.44. The number of benzene rings is 2. The Morgan fingerprint density at radius 1 is 0.926 bits per heavy atom. The van der Waals surface area contributed by atoms with Crippen molar-refractivity contribution in [2.24, 2.45) is 11.8 Å². The standard InChI is InChI=1S/C25H30O2/c1-3-4-20-11-15-23(16-12-20)25(27-26)24-17-13-22(14-18-24)10-9-21-7-5-19(2)6-8-21/h5-8,13-14,17-18,20,23,25-26H,3-4,11-12,15-16H2,1-2H3. The normalized spacial score (nSPS) is 20.6. The second-order valence-corrected chi connectivity index (χ2v) is 7.83. The maximum Gasteiger partial charge on any atom is 0.120 e. The van der Waals surface area contributed by atoms with Crippen LogP contribution in [0.5, 0.6) is 0 Å². The molecule has 2 aromatic carbocycles. The molecule has 2 heteroatoms. The fourth-order valence-electron chi connectivity index (χ4n) is 4.14. The second-order valence-electron chi connectivity index (χ2n) is 7.83. The van der Waals surface area contributed by atoms with Crippen LogP contribution in [-0.2, 0) is 4.89 Å². The topological polar surface area (TPSA) is 29.5 Å². The molecule has 2 aromatic rings. The summed E-state index contributed by atoms with van der Waals surface area (Å²) in [5, 5.41) is 9.52. The smallest absolute Gasteiger partial charge is 0.120 e. The molecule has 142 valence electrons. The molecule has 0 heterocycles. The SMILES string of the molecule is CCCC1CCC(C(OO)c2ccc(C#Cc3ccc(C)cc3)cc2)CC1. The summed E-state index contributed by atoms with van der Waals surface area (Å²) in [4.78, 5) is 4.92. The molecular weight excluding hydrogens is 332 g/mol. The van der Waals surface area contributed by atoms with Gasteiger partial charge in [-0.25, -0.2) is 4.89 Å². The predicted octanol–water partition coefficient (Wildman–Crippen LogP) is 6.53. The van der Waals surface area contributed by atoms with Gasteiger partial charge in [0.15, 0.2) is 0 Å². The van der Waals surface area contributed by atoms with Crippen LogP contribution in [0.4, 0.5) is 0 Å². The summed E-state index contributed by atoms with van der Waals surface area (Å²) in [7, 11) is 0. The lowest BCUT2D eigenvalue weighted by Crippen LogP contribution is -2.22. The van der Waals surface area contributed by atoms with Gasteiger partial charge in [0.1, 0.15) is 6.10 Å². The van der Waals surface area contributed by atoms with Gasteiger partial charge in [0.2, 0.25) is 0 Å². The first-order valence-electron chi connectivity index (χ1n) is 10.2. The van der Waals surface area contributed by atoms with Gasteiger partial charge in [-0.3, -0.25) is 5.26 Å². The molecule has 0 radical (unpaired) electrons. The molecule has 0 saturated heterocycles. The van der Waals surface area contributed by atoms with E-state index in [1.54, 1.807) is 0 Å². The lowest BCUT2D eigenvalue weighted by Gasteiger charge is -2.32. The van der Waals surface area contributed by atoms with E-state index in [1.165, 1.54) is 31.2 Å². The zero-order valence-corrected chi connectivity index (χ0v) is 16.4. The first-order valence-corrected chi connectivity index (χ1v) is 10.2. The van der Waals surface area contributed by atoms with Gasteiger partial charge in [-0.1, -0.05) is 74.3 Å². The van der Waals surface area contributed by atoms with E-state index >= 15 is 0 Å². The average Bonchev–Trinajstić information content (AvgIpc) is 2.71. The Morgan fingerprint density at radius 3 is 2.00 bits per heavy atom. The molecule has 0 aliphatic heterocycles. The third kappa shape index (κ3) is 5.45. The molecular formula is C25H30O2. The van der Waals surface area contributed by atoms with Crippen molar-refractivity contribution in [2.75, 3.05) is 0 Å². The zero-order valence-electron chi connectivity index (χ0n) is 16.4. The van der Waals surface area contributed by atoms with Gasteiger partial charge in [-0.2, -0.15) is 0 Å². The lowest BCUT2D eigenvalue weighted by molar-refractivity contribution is -0.296. The largest absolute Gasteiger partial charge is 0.251 e. The monoisotopic (exact) mass is 362 g/mol. The minimum atomic E-state index is -0.230. The molecule has 3 rings (SSSR count). The Hall–Kier alpha value is -2.08. The second kappa shape index (κ2) is 9.74. The molecule has 1 aliphatic carbocycles. The highest BCUT2D eigenvalue weighted by atomic mass is 17.1. The van der Waals surface area contributed by atoms with Gasteiger partial charge < -0.3 is 0 Å². The molecule has 1 unspecified atom stereocenters. The highest BCUT2D eigenvalue weighted by Gasteiger charge is 2.29. The fourth-order valence-corrected chi connectivity index (χ4v) is 4.14. The zero-order chi connectivity index (χ0) is 19.1. The van der Waals surface area contributed by atoms with Crippen LogP contribution in [-0.4, -0.2) is 5.26 Å². The summed E-state index contributed by atoms with van der Waals surface area (Å²) < 4.78 is 0. The molecule has 0 bridgehead atoms. The van der Waals surface area contributed by atoms with E-state index in [0.717, 1.165) is 35.4 Å². The number of hydrogen-bond donors (Lipinski definition) is 1. The molecule has 1 fully saturated rings. The van der Waals surface area contributed by atoms with Crippen LogP contribution < -0.4 is 0 Å². The third-order valence-corrected chi connectivity index (χ3v) is 5.77. The molecule has 1 N–H and O–H groups in total. The van der Waals surface area contributed by atoms with Crippen LogP contribution in [0, 0.1) is 30.6 Å². The lowest BCUT2D eigenvalue weighted by atomic mass is 9.76. The van der Waals surface area contributed by atoms with Crippen LogP contribution in [0.1, 0.15) is 73.8 Å². The van der Waals surface area contributed by atoms with E-state index in [2.05, 4.69) is 37.8 Å². The predicted molar refractivity (Wildman–Crippen MR) is 110 cm³/mol. The van der Waals surface area contributed by atoms with E-state index in [9.17, 15) is 5.26 Å². The van der Waals surface area contributed by atoms with E-state index in [1.807, 2.05) is 36.4 Å². The molecule has 0 aromatic heterocycles. The van der Waals surface area contributed by atoms with E-state index in [0.29, 0.717) is 5.92 Å². The Morgan fingerprint density at radius 2 is 1.48 bits per heavy atom. The average molecular weight is 363 g/mol. The van der Waals surface area contributed by atoms with Crippen molar-refractivity contribution in [1.29, 1.82) is 0 Å². The summed E-state index contributed by atoms with van der Waals surface area (Å²) in [6, 6.07) is 16.4. The Kier molecular flexibility index (Phi) is 7.10. The van der Waals surface area contributed by atoms with Crippen LogP contribution in [0.2, 0.25) is 0 Å². The van der Waals surface area contributed by atoms with Crippen LogP contribution in [0.15, 0.2) is 48.5 Å². The Bertz CT molecular complexity index is 757. The quantitative estimate of drug-likeness (QED) is 0.372. The third-order valence-electron chi connectivity index (χ3n) is 5.77. The van der Waals surface area contributed by atoms with Gasteiger partial charge >= 0.3 is 0 Å². The van der Waals surface area contributed by atoms with Crippen molar-refractivity contribution < 1.29 is 10.1 Å². The number of rotatable bonds is 5. The van der Waals surface area contributed by atoms with Crippen molar-refractivity contribution in [3.05, 3.63) is 70.8 Å². The molecule has 0 amide bonds. The van der Waals surface area contributed by atoms with Gasteiger partial charge in [0.05, 0.1) is 0 Å². The summed E-state index contributed by atoms with van der Waals surface area (Å²) in [5.41, 5.74) is 4.27. The minimum Gasteiger partial charge on any atom is -0.251 e. The Labute approximate surface area is 163 Å². The first-order chi connectivity index (χ1) is 13.2. The summed E-state index contributed by atoms with van der Waals surface area (Å²) in [6.07, 6.45) is 7.12. The number of hydrogen-bond acceptors (Lipinski definition) is 2. The molecule has 27 heavy (non-hydrogen) atoms. The Balaban J connectivity index is 1.64. The minimum absolute atomic E-state index is 0.230. The van der Waals surface area contributed by atoms with Gasteiger partial charge in [-0.05, 0) is 61.4 Å². The van der Waals surface area contributed by atoms with Crippen LogP contribution in [0.25, 0.3) is 0 Å². The van der Waals surface area contributed by atoms with E-state index in [-0.39, 0.29) is 6.10 Å². The summed E-state index contributed by atoms with van der Waals surface area (Å²) in [5.74, 6) is 7.66. The van der Waals surface area contributed by atoms with Gasteiger partial charge in [-0.15, -0.1) is 0 Å². The highest BCUT2D eigenvalue weighted by Crippen LogP contribution is 2.39. The van der Waals surface area contributed by atoms with Gasteiger partial charge in [0, 0.05) is 11.1 Å². The van der Waals surface area contributed by atoms with Crippen molar-refractivity contribution in [3.8, 4) is 11.8 Å². The first kappa shape index (κ1) is 19.7. The fraction of sp³-hybridized carbons (Fsp3) is 0.440. The van der Waals surface area contributed by atoms with Crippen LogP contribution in [0.3, 0.4) is 0 Å². The summed E-state index contributed by atoms with van der Waals surface area (Å²) >= 11 is 0. The van der Waals surface area contributed by atoms with Crippen molar-refractivity contribution in [2.45, 2.75) is 58.5 Å².